The van der Waals surface area contributed by atoms with Gasteiger partial charge in [-0.2, -0.15) is 0 Å². The van der Waals surface area contributed by atoms with Crippen LogP contribution in [-0.4, -0.2) is 17.7 Å². The molecule has 0 bridgehead atoms. The van der Waals surface area contributed by atoms with E-state index in [4.69, 9.17) is 9.84 Å². The molecule has 4 heteroatoms. The minimum absolute atomic E-state index is 0. The van der Waals surface area contributed by atoms with E-state index in [9.17, 15) is 4.79 Å². The summed E-state index contributed by atoms with van der Waals surface area (Å²) in [6.45, 7) is 2.38. The van der Waals surface area contributed by atoms with Gasteiger partial charge in [-0.25, -0.2) is 4.79 Å². The number of hydrogen-bond acceptors (Lipinski definition) is 3. The molecule has 0 saturated carbocycles. The van der Waals surface area contributed by atoms with Gasteiger partial charge in [-0.15, -0.1) is 0 Å². The maximum absolute atomic E-state index is 11.3. The van der Waals surface area contributed by atoms with E-state index >= 15 is 0 Å². The molecule has 0 aliphatic carbocycles. The van der Waals surface area contributed by atoms with Gasteiger partial charge in [0.2, 0.25) is 0 Å². The Hall–Kier alpha value is 0.286. The van der Waals surface area contributed by atoms with Crippen molar-refractivity contribution < 1.29 is 67.4 Å². The minimum Gasteiger partial charge on any atom is -1.00 e. The van der Waals surface area contributed by atoms with Crippen molar-refractivity contribution in [1.82, 2.24) is 0 Å². The molecule has 0 fully saturated rings. The Morgan fingerprint density at radius 3 is 2.47 bits per heavy atom. The first kappa shape index (κ1) is 15.3. The van der Waals surface area contributed by atoms with Crippen molar-refractivity contribution in [3.8, 4) is 0 Å². The van der Waals surface area contributed by atoms with E-state index in [1.165, 1.54) is 0 Å². The van der Waals surface area contributed by atoms with E-state index in [1.54, 1.807) is 24.3 Å². The Morgan fingerprint density at radius 1 is 1.40 bits per heavy atom. The Kier molecular flexibility index (Phi) is 8.60. The molecule has 1 aromatic carbocycles. The predicted molar refractivity (Wildman–Crippen MR) is 54.1 cm³/mol. The van der Waals surface area contributed by atoms with E-state index in [2.05, 4.69) is 0 Å². The van der Waals surface area contributed by atoms with Crippen LogP contribution in [0.4, 0.5) is 0 Å². The van der Waals surface area contributed by atoms with Crippen molar-refractivity contribution >= 4 is 5.97 Å². The first-order chi connectivity index (χ1) is 6.77. The minimum atomic E-state index is -0.309. The van der Waals surface area contributed by atoms with Gasteiger partial charge in [0, 0.05) is 0 Å². The predicted octanol–water partition coefficient (Wildman–Crippen LogP) is -1.14. The number of rotatable bonds is 4. The van der Waals surface area contributed by atoms with E-state index < -0.39 is 0 Å². The number of benzene rings is 1. The number of aliphatic hydroxyl groups excluding tert-OH is 1. The van der Waals surface area contributed by atoms with Gasteiger partial charge >= 0.3 is 57.4 Å². The maximum Gasteiger partial charge on any atom is 1.00 e. The maximum atomic E-state index is 11.3. The molecule has 15 heavy (non-hydrogen) atoms. The van der Waals surface area contributed by atoms with Crippen molar-refractivity contribution in [2.24, 2.45) is 0 Å². The van der Waals surface area contributed by atoms with Gasteiger partial charge < -0.3 is 11.3 Å². The molecule has 0 atom stereocenters. The number of carbonyl (C=O) groups is 1. The molecular formula is C11H15KO3. The summed E-state index contributed by atoms with van der Waals surface area (Å²) in [6, 6.07) is 6.73. The molecule has 1 aromatic rings. The van der Waals surface area contributed by atoms with Crippen LogP contribution in [-0.2, 0) is 11.3 Å². The van der Waals surface area contributed by atoms with Crippen molar-refractivity contribution in [3.63, 3.8) is 0 Å². The van der Waals surface area contributed by atoms with E-state index in [-0.39, 0.29) is 65.4 Å². The molecule has 1 rings (SSSR count). The smallest absolute Gasteiger partial charge is 1.00 e. The summed E-state index contributed by atoms with van der Waals surface area (Å²) in [6.07, 6.45) is 0.820. The second-order valence-electron chi connectivity index (χ2n) is 2.99. The quantitative estimate of drug-likeness (QED) is 0.529. The monoisotopic (exact) mass is 234 g/mol. The fourth-order valence-corrected chi connectivity index (χ4v) is 1.02. The molecule has 0 aliphatic heterocycles. The van der Waals surface area contributed by atoms with Gasteiger partial charge in [0.05, 0.1) is 18.8 Å². The van der Waals surface area contributed by atoms with Crippen LogP contribution in [0.25, 0.3) is 0 Å². The number of hydrogen-bond donors (Lipinski definition) is 1. The van der Waals surface area contributed by atoms with Crippen LogP contribution in [0.15, 0.2) is 24.3 Å². The third-order valence-corrected chi connectivity index (χ3v) is 1.81. The van der Waals surface area contributed by atoms with Gasteiger partial charge in [0.25, 0.3) is 0 Å². The average Bonchev–Trinajstić information content (AvgIpc) is 2.26. The number of carbonyl (C=O) groups excluding carboxylic acids is 1. The number of esters is 1. The summed E-state index contributed by atoms with van der Waals surface area (Å²) < 4.78 is 4.95. The zero-order chi connectivity index (χ0) is 10.4. The van der Waals surface area contributed by atoms with Crippen molar-refractivity contribution in [2.75, 3.05) is 6.61 Å². The molecule has 0 aromatic heterocycles. The summed E-state index contributed by atoms with van der Waals surface area (Å²) in [5, 5.41) is 8.79. The fraction of sp³-hybridized carbons (Fsp3) is 0.364. The second-order valence-corrected chi connectivity index (χ2v) is 2.99. The topological polar surface area (TPSA) is 46.5 Å². The number of ether oxygens (including phenoxy) is 1. The Bertz CT molecular complexity index is 301. The Labute approximate surface area is 134 Å². The van der Waals surface area contributed by atoms with Crippen LogP contribution < -0.4 is 51.4 Å². The summed E-state index contributed by atoms with van der Waals surface area (Å²) in [4.78, 5) is 11.3. The summed E-state index contributed by atoms with van der Waals surface area (Å²) >= 11 is 0. The van der Waals surface area contributed by atoms with Gasteiger partial charge in [0.1, 0.15) is 0 Å². The molecule has 78 valence electrons. The van der Waals surface area contributed by atoms with Crippen LogP contribution in [0.1, 0.15) is 30.7 Å². The SMILES string of the molecule is CCCOC(=O)c1ccc(CO)cc1.[H-].[K+]. The standard InChI is InChI=1S/C11H14O3.K.H/c1-2-7-14-11(13)10-5-3-9(8-12)4-6-10;;/h3-6,12H,2,7-8H2,1H3;;/q;+1;-1. The van der Waals surface area contributed by atoms with Crippen molar-refractivity contribution in [1.29, 1.82) is 0 Å². The van der Waals surface area contributed by atoms with Crippen LogP contribution in [0.2, 0.25) is 0 Å². The summed E-state index contributed by atoms with van der Waals surface area (Å²) in [5.41, 5.74) is 1.31. The van der Waals surface area contributed by atoms with Crippen molar-refractivity contribution in [2.45, 2.75) is 20.0 Å². The summed E-state index contributed by atoms with van der Waals surface area (Å²) in [7, 11) is 0. The zero-order valence-corrected chi connectivity index (χ0v) is 12.3. The van der Waals surface area contributed by atoms with Crippen LogP contribution in [0.3, 0.4) is 0 Å². The normalized spacial score (nSPS) is 9.20. The summed E-state index contributed by atoms with van der Waals surface area (Å²) in [5.74, 6) is -0.309. The molecule has 3 nitrogen and oxygen atoms in total. The third kappa shape index (κ3) is 5.24. The Balaban J connectivity index is 0. The van der Waals surface area contributed by atoms with Crippen LogP contribution in [0, 0.1) is 0 Å². The van der Waals surface area contributed by atoms with Gasteiger partial charge in [0.15, 0.2) is 0 Å². The molecule has 0 unspecified atom stereocenters. The molecule has 0 heterocycles. The van der Waals surface area contributed by atoms with E-state index in [1.807, 2.05) is 6.92 Å². The van der Waals surface area contributed by atoms with Crippen LogP contribution >= 0.6 is 0 Å². The molecule has 0 spiro atoms. The fourth-order valence-electron chi connectivity index (χ4n) is 1.02. The zero-order valence-electron chi connectivity index (χ0n) is 10.2. The van der Waals surface area contributed by atoms with Gasteiger partial charge in [-0.3, -0.25) is 0 Å². The van der Waals surface area contributed by atoms with Crippen LogP contribution in [0.5, 0.6) is 0 Å². The molecule has 1 N–H and O–H groups in total. The largest absolute Gasteiger partial charge is 1.00 e. The van der Waals surface area contributed by atoms with E-state index in [0.29, 0.717) is 12.2 Å². The van der Waals surface area contributed by atoms with Gasteiger partial charge in [-0.05, 0) is 24.1 Å². The second kappa shape index (κ2) is 8.44. The molecule has 0 radical (unpaired) electrons. The molecule has 0 aliphatic rings. The number of aliphatic hydroxyl groups is 1. The third-order valence-electron chi connectivity index (χ3n) is 1.81. The average molecular weight is 234 g/mol. The molecule has 0 amide bonds. The van der Waals surface area contributed by atoms with E-state index in [0.717, 1.165) is 12.0 Å². The molecular weight excluding hydrogens is 219 g/mol. The van der Waals surface area contributed by atoms with Crippen molar-refractivity contribution in [3.05, 3.63) is 35.4 Å². The first-order valence-electron chi connectivity index (χ1n) is 4.65. The first-order valence-corrected chi connectivity index (χ1v) is 4.65. The molecule has 0 saturated heterocycles. The Morgan fingerprint density at radius 2 is 2.00 bits per heavy atom. The van der Waals surface area contributed by atoms with Gasteiger partial charge in [-0.1, -0.05) is 19.1 Å².